The van der Waals surface area contributed by atoms with E-state index >= 15 is 0 Å². The summed E-state index contributed by atoms with van der Waals surface area (Å²) in [5, 5.41) is 2.16. The fraction of sp³-hybridized carbons (Fsp3) is 0.429. The summed E-state index contributed by atoms with van der Waals surface area (Å²) < 4.78 is 37.5. The van der Waals surface area contributed by atoms with Gasteiger partial charge in [-0.05, 0) is 24.5 Å². The second kappa shape index (κ2) is 6.54. The summed E-state index contributed by atoms with van der Waals surface area (Å²) in [6.07, 6.45) is -5.01. The fourth-order valence-corrected chi connectivity index (χ4v) is 1.73. The Morgan fingerprint density at radius 3 is 2.15 bits per heavy atom. The SMILES string of the molecule is CC(C)CC(NC(=O)c1ccccc1)C(=O)C(F)(F)F. The highest BCUT2D eigenvalue weighted by Crippen LogP contribution is 2.21. The van der Waals surface area contributed by atoms with Crippen LogP contribution in [-0.4, -0.2) is 23.9 Å². The maximum Gasteiger partial charge on any atom is 0.452 e. The topological polar surface area (TPSA) is 46.2 Å². The van der Waals surface area contributed by atoms with Crippen molar-refractivity contribution in [1.82, 2.24) is 5.32 Å². The zero-order valence-electron chi connectivity index (χ0n) is 11.2. The van der Waals surface area contributed by atoms with Crippen molar-refractivity contribution >= 4 is 11.7 Å². The number of rotatable bonds is 5. The second-order valence-corrected chi connectivity index (χ2v) is 4.88. The molecule has 20 heavy (non-hydrogen) atoms. The molecular weight excluding hydrogens is 271 g/mol. The molecule has 0 fully saturated rings. The first-order chi connectivity index (χ1) is 9.21. The average molecular weight is 287 g/mol. The third-order valence-corrected chi connectivity index (χ3v) is 2.64. The van der Waals surface area contributed by atoms with Crippen LogP contribution in [0, 0.1) is 5.92 Å². The first-order valence-electron chi connectivity index (χ1n) is 6.18. The summed E-state index contributed by atoms with van der Waals surface area (Å²) in [5.41, 5.74) is 0.219. The number of benzene rings is 1. The third-order valence-electron chi connectivity index (χ3n) is 2.64. The molecule has 0 aliphatic rings. The summed E-state index contributed by atoms with van der Waals surface area (Å²) in [4.78, 5) is 23.2. The standard InChI is InChI=1S/C14H16F3NO2/c1-9(2)8-11(12(19)14(15,16)17)18-13(20)10-6-4-3-5-7-10/h3-7,9,11H,8H2,1-2H3,(H,18,20). The first-order valence-corrected chi connectivity index (χ1v) is 6.18. The molecule has 3 nitrogen and oxygen atoms in total. The summed E-state index contributed by atoms with van der Waals surface area (Å²) in [6, 6.07) is 6.27. The molecule has 0 bridgehead atoms. The number of Topliss-reactive ketones (excluding diaryl/α,β-unsaturated/α-hetero) is 1. The quantitative estimate of drug-likeness (QED) is 0.905. The molecule has 0 saturated carbocycles. The van der Waals surface area contributed by atoms with Gasteiger partial charge in [-0.3, -0.25) is 9.59 Å². The van der Waals surface area contributed by atoms with Crippen molar-refractivity contribution in [3.63, 3.8) is 0 Å². The third kappa shape index (κ3) is 4.68. The molecule has 0 heterocycles. The van der Waals surface area contributed by atoms with Crippen LogP contribution >= 0.6 is 0 Å². The molecule has 110 valence electrons. The van der Waals surface area contributed by atoms with Crippen molar-refractivity contribution in [2.75, 3.05) is 0 Å². The molecule has 1 amide bonds. The highest BCUT2D eigenvalue weighted by atomic mass is 19.4. The van der Waals surface area contributed by atoms with Crippen LogP contribution in [-0.2, 0) is 4.79 Å². The normalized spacial score (nSPS) is 13.1. The fourth-order valence-electron chi connectivity index (χ4n) is 1.73. The zero-order valence-corrected chi connectivity index (χ0v) is 11.2. The van der Waals surface area contributed by atoms with Crippen LogP contribution in [0.2, 0.25) is 0 Å². The Hall–Kier alpha value is -1.85. The lowest BCUT2D eigenvalue weighted by molar-refractivity contribution is -0.173. The van der Waals surface area contributed by atoms with Crippen molar-refractivity contribution in [3.05, 3.63) is 35.9 Å². The number of amides is 1. The van der Waals surface area contributed by atoms with Crippen molar-refractivity contribution in [2.24, 2.45) is 5.92 Å². The first kappa shape index (κ1) is 16.2. The van der Waals surface area contributed by atoms with Gasteiger partial charge in [0.1, 0.15) is 0 Å². The van der Waals surface area contributed by atoms with E-state index in [9.17, 15) is 22.8 Å². The Kier molecular flexibility index (Phi) is 5.30. The molecule has 6 heteroatoms. The van der Waals surface area contributed by atoms with Gasteiger partial charge < -0.3 is 5.32 Å². The van der Waals surface area contributed by atoms with Crippen molar-refractivity contribution in [3.8, 4) is 0 Å². The maximum atomic E-state index is 12.5. The van der Waals surface area contributed by atoms with Gasteiger partial charge in [0, 0.05) is 5.56 Å². The molecule has 0 radical (unpaired) electrons. The van der Waals surface area contributed by atoms with Gasteiger partial charge in [-0.15, -0.1) is 0 Å². The lowest BCUT2D eigenvalue weighted by Crippen LogP contribution is -2.47. The number of halogens is 3. The number of hydrogen-bond acceptors (Lipinski definition) is 2. The van der Waals surface area contributed by atoms with Crippen molar-refractivity contribution < 1.29 is 22.8 Å². The van der Waals surface area contributed by atoms with E-state index in [0.29, 0.717) is 0 Å². The monoisotopic (exact) mass is 287 g/mol. The summed E-state index contributed by atoms with van der Waals surface area (Å²) in [7, 11) is 0. The van der Waals surface area contributed by atoms with E-state index in [2.05, 4.69) is 5.32 Å². The molecule has 0 saturated heterocycles. The molecule has 1 N–H and O–H groups in total. The molecule has 1 rings (SSSR count). The predicted octanol–water partition coefficient (Wildman–Crippen LogP) is 2.96. The highest BCUT2D eigenvalue weighted by Gasteiger charge is 2.44. The average Bonchev–Trinajstić information content (AvgIpc) is 2.36. The molecule has 0 aliphatic heterocycles. The van der Waals surface area contributed by atoms with Crippen LogP contribution < -0.4 is 5.32 Å². The van der Waals surface area contributed by atoms with E-state index in [-0.39, 0.29) is 17.9 Å². The molecule has 0 aliphatic carbocycles. The largest absolute Gasteiger partial charge is 0.452 e. The number of ketones is 1. The Bertz CT molecular complexity index is 469. The van der Waals surface area contributed by atoms with E-state index in [4.69, 9.17) is 0 Å². The minimum Gasteiger partial charge on any atom is -0.342 e. The van der Waals surface area contributed by atoms with Gasteiger partial charge in [-0.25, -0.2) is 0 Å². The number of hydrogen-bond donors (Lipinski definition) is 1. The van der Waals surface area contributed by atoms with Crippen molar-refractivity contribution in [1.29, 1.82) is 0 Å². The second-order valence-electron chi connectivity index (χ2n) is 4.88. The van der Waals surface area contributed by atoms with Gasteiger partial charge in [-0.2, -0.15) is 13.2 Å². The Morgan fingerprint density at radius 2 is 1.70 bits per heavy atom. The van der Waals surface area contributed by atoms with Crippen LogP contribution in [0.15, 0.2) is 30.3 Å². The lowest BCUT2D eigenvalue weighted by Gasteiger charge is -2.20. The molecule has 1 aromatic rings. The van der Waals surface area contributed by atoms with Gasteiger partial charge in [-0.1, -0.05) is 32.0 Å². The molecule has 1 unspecified atom stereocenters. The number of carbonyl (C=O) groups excluding carboxylic acids is 2. The predicted molar refractivity (Wildman–Crippen MR) is 68.2 cm³/mol. The van der Waals surface area contributed by atoms with Gasteiger partial charge >= 0.3 is 6.18 Å². The summed E-state index contributed by atoms with van der Waals surface area (Å²) in [5.74, 6) is -2.76. The molecule has 0 aromatic heterocycles. The maximum absolute atomic E-state index is 12.5. The molecule has 0 spiro atoms. The Morgan fingerprint density at radius 1 is 1.15 bits per heavy atom. The zero-order chi connectivity index (χ0) is 15.3. The van der Waals surface area contributed by atoms with Gasteiger partial charge in [0.15, 0.2) is 0 Å². The smallest absolute Gasteiger partial charge is 0.342 e. The van der Waals surface area contributed by atoms with Crippen LogP contribution in [0.1, 0.15) is 30.6 Å². The minimum atomic E-state index is -4.95. The lowest BCUT2D eigenvalue weighted by atomic mass is 9.99. The number of nitrogens with one attached hydrogen (secondary N) is 1. The Labute approximate surface area is 115 Å². The van der Waals surface area contributed by atoms with Gasteiger partial charge in [0.2, 0.25) is 0 Å². The number of carbonyl (C=O) groups is 2. The highest BCUT2D eigenvalue weighted by molar-refractivity contribution is 5.99. The minimum absolute atomic E-state index is 0.0586. The van der Waals surface area contributed by atoms with Crippen LogP contribution in [0.4, 0.5) is 13.2 Å². The Balaban J connectivity index is 2.85. The van der Waals surface area contributed by atoms with E-state index in [1.165, 1.54) is 12.1 Å². The van der Waals surface area contributed by atoms with Gasteiger partial charge in [0.05, 0.1) is 6.04 Å². The van der Waals surface area contributed by atoms with E-state index in [1.54, 1.807) is 32.0 Å². The van der Waals surface area contributed by atoms with Gasteiger partial charge in [0.25, 0.3) is 11.7 Å². The molecular formula is C14H16F3NO2. The molecule has 1 aromatic carbocycles. The molecule has 1 atom stereocenters. The van der Waals surface area contributed by atoms with Crippen molar-refractivity contribution in [2.45, 2.75) is 32.5 Å². The van der Waals surface area contributed by atoms with Crippen LogP contribution in [0.5, 0.6) is 0 Å². The van der Waals surface area contributed by atoms with E-state index in [1.807, 2.05) is 0 Å². The van der Waals surface area contributed by atoms with E-state index in [0.717, 1.165) is 0 Å². The van der Waals surface area contributed by atoms with Crippen LogP contribution in [0.3, 0.4) is 0 Å². The number of alkyl halides is 3. The van der Waals surface area contributed by atoms with Crippen LogP contribution in [0.25, 0.3) is 0 Å². The summed E-state index contributed by atoms with van der Waals surface area (Å²) in [6.45, 7) is 3.37. The summed E-state index contributed by atoms with van der Waals surface area (Å²) >= 11 is 0. The van der Waals surface area contributed by atoms with E-state index < -0.39 is 23.9 Å².